The first kappa shape index (κ1) is 18.7. The lowest BCUT2D eigenvalue weighted by Crippen LogP contribution is -2.14. The van der Waals surface area contributed by atoms with Gasteiger partial charge in [-0.3, -0.25) is 4.72 Å². The van der Waals surface area contributed by atoms with Crippen LogP contribution >= 0.6 is 27.7 Å². The van der Waals surface area contributed by atoms with Crippen molar-refractivity contribution in [2.75, 3.05) is 11.8 Å². The topological polar surface area (TPSA) is 86.1 Å². The van der Waals surface area contributed by atoms with E-state index in [4.69, 9.17) is 4.74 Å². The van der Waals surface area contributed by atoms with Crippen LogP contribution in [-0.4, -0.2) is 30.3 Å². The number of aryl methyl sites for hydroxylation is 1. The minimum Gasteiger partial charge on any atom is -0.495 e. The van der Waals surface area contributed by atoms with Crippen LogP contribution in [0.4, 0.5) is 5.69 Å². The van der Waals surface area contributed by atoms with Crippen molar-refractivity contribution in [2.45, 2.75) is 14.9 Å². The highest BCUT2D eigenvalue weighted by Crippen LogP contribution is 2.34. The number of halogens is 1. The lowest BCUT2D eigenvalue weighted by Gasteiger charge is -2.14. The SMILES string of the molecule is COc1ccc(Br)cc1S(=O)(=O)Nc1ccccc1Sc1nncn1C. The number of anilines is 1. The smallest absolute Gasteiger partial charge is 0.265 e. The number of hydrogen-bond donors (Lipinski definition) is 1. The molecule has 10 heteroatoms. The fourth-order valence-electron chi connectivity index (χ4n) is 2.16. The van der Waals surface area contributed by atoms with E-state index < -0.39 is 10.0 Å². The molecule has 0 aliphatic rings. The molecule has 2 aromatic carbocycles. The van der Waals surface area contributed by atoms with Gasteiger partial charge in [-0.15, -0.1) is 10.2 Å². The molecule has 1 aromatic heterocycles. The van der Waals surface area contributed by atoms with Crippen molar-refractivity contribution in [1.82, 2.24) is 14.8 Å². The van der Waals surface area contributed by atoms with E-state index >= 15 is 0 Å². The molecule has 0 unspecified atom stereocenters. The second-order valence-electron chi connectivity index (χ2n) is 5.22. The minimum atomic E-state index is -3.85. The predicted molar refractivity (Wildman–Crippen MR) is 103 cm³/mol. The van der Waals surface area contributed by atoms with Crippen molar-refractivity contribution in [3.63, 3.8) is 0 Å². The number of benzene rings is 2. The van der Waals surface area contributed by atoms with Crippen LogP contribution in [0.15, 0.2) is 68.2 Å². The van der Waals surface area contributed by atoms with Gasteiger partial charge in [-0.25, -0.2) is 8.42 Å². The summed E-state index contributed by atoms with van der Waals surface area (Å²) in [6.07, 6.45) is 1.58. The molecule has 0 fully saturated rings. The van der Waals surface area contributed by atoms with Crippen molar-refractivity contribution in [1.29, 1.82) is 0 Å². The molecule has 0 atom stereocenters. The summed E-state index contributed by atoms with van der Waals surface area (Å²) in [5.41, 5.74) is 0.447. The first-order chi connectivity index (χ1) is 12.4. The minimum absolute atomic E-state index is 0.0489. The number of sulfonamides is 1. The van der Waals surface area contributed by atoms with Gasteiger partial charge in [0.15, 0.2) is 5.16 Å². The second kappa shape index (κ2) is 7.68. The first-order valence-electron chi connectivity index (χ1n) is 7.38. The highest BCUT2D eigenvalue weighted by Gasteiger charge is 2.21. The van der Waals surface area contributed by atoms with Crippen LogP contribution in [0.3, 0.4) is 0 Å². The molecule has 1 N–H and O–H groups in total. The van der Waals surface area contributed by atoms with Gasteiger partial charge < -0.3 is 9.30 Å². The molecule has 0 aliphatic heterocycles. The Balaban J connectivity index is 1.96. The zero-order valence-electron chi connectivity index (χ0n) is 13.9. The summed E-state index contributed by atoms with van der Waals surface area (Å²) in [6, 6.07) is 11.9. The van der Waals surface area contributed by atoms with Gasteiger partial charge in [0.1, 0.15) is 17.0 Å². The summed E-state index contributed by atoms with van der Waals surface area (Å²) in [6.45, 7) is 0. The molecule has 7 nitrogen and oxygen atoms in total. The Bertz CT molecular complexity index is 1040. The summed E-state index contributed by atoms with van der Waals surface area (Å²) >= 11 is 4.61. The van der Waals surface area contributed by atoms with E-state index in [9.17, 15) is 8.42 Å². The van der Waals surface area contributed by atoms with E-state index in [-0.39, 0.29) is 10.6 Å². The monoisotopic (exact) mass is 454 g/mol. The molecule has 0 aliphatic carbocycles. The van der Waals surface area contributed by atoms with Gasteiger partial charge in [0, 0.05) is 16.4 Å². The Morgan fingerprint density at radius 3 is 2.69 bits per heavy atom. The average Bonchev–Trinajstić information content (AvgIpc) is 3.01. The van der Waals surface area contributed by atoms with Crippen molar-refractivity contribution < 1.29 is 13.2 Å². The van der Waals surface area contributed by atoms with Gasteiger partial charge in [-0.05, 0) is 42.1 Å². The average molecular weight is 455 g/mol. The molecule has 0 spiro atoms. The molecule has 0 saturated heterocycles. The number of ether oxygens (including phenoxy) is 1. The Morgan fingerprint density at radius 2 is 2.00 bits per heavy atom. The molecule has 0 amide bonds. The first-order valence-corrected chi connectivity index (χ1v) is 10.5. The highest BCUT2D eigenvalue weighted by molar-refractivity contribution is 9.10. The molecule has 26 heavy (non-hydrogen) atoms. The summed E-state index contributed by atoms with van der Waals surface area (Å²) in [5, 5.41) is 8.50. The lowest BCUT2D eigenvalue weighted by atomic mass is 10.3. The van der Waals surface area contributed by atoms with Crippen molar-refractivity contribution in [3.05, 3.63) is 53.3 Å². The van der Waals surface area contributed by atoms with Crippen LogP contribution in [0.1, 0.15) is 0 Å². The third-order valence-electron chi connectivity index (χ3n) is 3.42. The molecule has 1 heterocycles. The van der Waals surface area contributed by atoms with E-state index in [1.54, 1.807) is 35.2 Å². The Kier molecular flexibility index (Phi) is 5.54. The van der Waals surface area contributed by atoms with Crippen LogP contribution < -0.4 is 9.46 Å². The normalized spacial score (nSPS) is 11.3. The van der Waals surface area contributed by atoms with E-state index in [0.29, 0.717) is 20.2 Å². The van der Waals surface area contributed by atoms with Crippen LogP contribution in [0.2, 0.25) is 0 Å². The molecule has 136 valence electrons. The highest BCUT2D eigenvalue weighted by atomic mass is 79.9. The molecule has 0 radical (unpaired) electrons. The van der Waals surface area contributed by atoms with Gasteiger partial charge in [0.05, 0.1) is 12.8 Å². The third-order valence-corrected chi connectivity index (χ3v) is 6.43. The maximum atomic E-state index is 12.9. The fourth-order valence-corrected chi connectivity index (χ4v) is 4.87. The third kappa shape index (κ3) is 4.02. The van der Waals surface area contributed by atoms with E-state index in [1.165, 1.54) is 24.9 Å². The molecule has 0 saturated carbocycles. The maximum Gasteiger partial charge on any atom is 0.265 e. The summed E-state index contributed by atoms with van der Waals surface area (Å²) in [5.74, 6) is 0.263. The molecule has 0 bridgehead atoms. The number of aromatic nitrogens is 3. The maximum absolute atomic E-state index is 12.9. The number of hydrogen-bond acceptors (Lipinski definition) is 6. The molecular formula is C16H15BrN4O3S2. The van der Waals surface area contributed by atoms with Crippen molar-refractivity contribution in [2.24, 2.45) is 7.05 Å². The lowest BCUT2D eigenvalue weighted by molar-refractivity contribution is 0.403. The Morgan fingerprint density at radius 1 is 1.23 bits per heavy atom. The predicted octanol–water partition coefficient (Wildman–Crippen LogP) is 3.54. The quantitative estimate of drug-likeness (QED) is 0.612. The summed E-state index contributed by atoms with van der Waals surface area (Å²) in [7, 11) is -0.600. The summed E-state index contributed by atoms with van der Waals surface area (Å²) < 4.78 is 36.0. The van der Waals surface area contributed by atoms with Crippen LogP contribution in [0.5, 0.6) is 5.75 Å². The Hall–Kier alpha value is -2.04. The largest absolute Gasteiger partial charge is 0.495 e. The van der Waals surface area contributed by atoms with Crippen LogP contribution in [0.25, 0.3) is 0 Å². The van der Waals surface area contributed by atoms with E-state index in [0.717, 1.165) is 0 Å². The van der Waals surface area contributed by atoms with Crippen molar-refractivity contribution in [3.8, 4) is 5.75 Å². The van der Waals surface area contributed by atoms with Crippen molar-refractivity contribution >= 4 is 43.4 Å². The summed E-state index contributed by atoms with van der Waals surface area (Å²) in [4.78, 5) is 0.758. The number of nitrogens with one attached hydrogen (secondary N) is 1. The van der Waals surface area contributed by atoms with E-state index in [1.807, 2.05) is 19.2 Å². The molecule has 3 aromatic rings. The number of methoxy groups -OCH3 is 1. The van der Waals surface area contributed by atoms with Gasteiger partial charge in [0.25, 0.3) is 10.0 Å². The van der Waals surface area contributed by atoms with E-state index in [2.05, 4.69) is 30.8 Å². The number of rotatable bonds is 6. The number of para-hydroxylation sites is 1. The standard InChI is InChI=1S/C16H15BrN4O3S2/c1-21-10-18-19-16(21)25-14-6-4-3-5-12(14)20-26(22,23)15-9-11(17)7-8-13(15)24-2/h3-10,20H,1-2H3. The molecular weight excluding hydrogens is 440 g/mol. The van der Waals surface area contributed by atoms with Crippen LogP contribution in [-0.2, 0) is 17.1 Å². The molecule has 3 rings (SSSR count). The zero-order chi connectivity index (χ0) is 18.7. The Labute approximate surface area is 164 Å². The number of nitrogens with zero attached hydrogens (tertiary/aromatic N) is 3. The fraction of sp³-hybridized carbons (Fsp3) is 0.125. The van der Waals surface area contributed by atoms with Gasteiger partial charge >= 0.3 is 0 Å². The zero-order valence-corrected chi connectivity index (χ0v) is 17.1. The van der Waals surface area contributed by atoms with Gasteiger partial charge in [-0.1, -0.05) is 28.1 Å². The van der Waals surface area contributed by atoms with Crippen LogP contribution in [0, 0.1) is 0 Å². The van der Waals surface area contributed by atoms with Gasteiger partial charge in [0.2, 0.25) is 0 Å². The van der Waals surface area contributed by atoms with Gasteiger partial charge in [-0.2, -0.15) is 0 Å². The second-order valence-corrected chi connectivity index (χ2v) is 8.80.